The van der Waals surface area contributed by atoms with Gasteiger partial charge in [-0.2, -0.15) is 0 Å². The van der Waals surface area contributed by atoms with Gasteiger partial charge in [0.1, 0.15) is 5.82 Å². The van der Waals surface area contributed by atoms with Crippen molar-refractivity contribution in [2.24, 2.45) is 5.41 Å². The van der Waals surface area contributed by atoms with Crippen LogP contribution in [0.15, 0.2) is 24.3 Å². The normalized spacial score (nSPS) is 25.5. The number of nitrogens with one attached hydrogen (secondary N) is 3. The lowest BCUT2D eigenvalue weighted by molar-refractivity contribution is -0.139. The van der Waals surface area contributed by atoms with Crippen LogP contribution in [0.25, 0.3) is 0 Å². The Morgan fingerprint density at radius 1 is 0.982 bits per heavy atom. The fraction of sp³-hybridized carbons (Fsp3) is 0.659. The number of aryl methyl sites for hydroxylation is 1. The third kappa shape index (κ3) is 10.9. The van der Waals surface area contributed by atoms with Gasteiger partial charge < -0.3 is 25.8 Å². The molecule has 0 spiro atoms. The van der Waals surface area contributed by atoms with E-state index in [4.69, 9.17) is 4.98 Å². The average Bonchev–Trinajstić information content (AvgIpc) is 3.72. The van der Waals surface area contributed by atoms with Gasteiger partial charge >= 0.3 is 0 Å². The predicted molar refractivity (Wildman–Crippen MR) is 209 cm³/mol. The van der Waals surface area contributed by atoms with Crippen molar-refractivity contribution < 1.29 is 28.4 Å². The number of benzene rings is 1. The number of hydrogen-bond donors (Lipinski definition) is 3. The van der Waals surface area contributed by atoms with Gasteiger partial charge in [-0.25, -0.2) is 9.37 Å². The Morgan fingerprint density at radius 2 is 1.67 bits per heavy atom. The Bertz CT molecular complexity index is 1690. The third-order valence-corrected chi connectivity index (χ3v) is 12.7. The second kappa shape index (κ2) is 17.9. The zero-order chi connectivity index (χ0) is 39.3. The van der Waals surface area contributed by atoms with Gasteiger partial charge in [0.15, 0.2) is 0 Å². The standard InChI is InChI=1S/C41H58FN7O5S/c1-26-33-23-35(50)44-30(7-5-6-16-43-38(53)27-8-10-29(42)11-9-27)22-37(52)47-19-14-32(15-20-47)49-25-31(45-36(51)24-41(2,3)4)21-34(49)40(54)48-17-12-28(13-18-48)39(46-33)55-26/h8-11,28,30-32,34H,5-7,12-25H2,1-4H3,(H,43,53)(H,44,50)(H,45,51)/t30-,31-,34-/m0/s1. The zero-order valence-electron chi connectivity index (χ0n) is 32.8. The van der Waals surface area contributed by atoms with Gasteiger partial charge in [-0.15, -0.1) is 11.3 Å². The van der Waals surface area contributed by atoms with Crippen LogP contribution in [0.3, 0.4) is 0 Å². The number of amides is 5. The van der Waals surface area contributed by atoms with Crippen molar-refractivity contribution in [1.82, 2.24) is 35.6 Å². The molecule has 6 aliphatic rings. The van der Waals surface area contributed by atoms with Crippen LogP contribution in [0.4, 0.5) is 4.39 Å². The van der Waals surface area contributed by atoms with Gasteiger partial charge in [0.25, 0.3) is 5.91 Å². The zero-order valence-corrected chi connectivity index (χ0v) is 33.6. The number of piperidine rings is 2. The Labute approximate surface area is 328 Å². The van der Waals surface area contributed by atoms with Crippen molar-refractivity contribution in [1.29, 1.82) is 0 Å². The van der Waals surface area contributed by atoms with E-state index in [0.717, 1.165) is 41.3 Å². The number of fused-ring (bicyclic) bond motifs is 2. The lowest BCUT2D eigenvalue weighted by atomic mass is 9.92. The van der Waals surface area contributed by atoms with Gasteiger partial charge in [-0.1, -0.05) is 20.8 Å². The second-order valence-corrected chi connectivity index (χ2v) is 18.4. The summed E-state index contributed by atoms with van der Waals surface area (Å²) in [6.45, 7) is 11.6. The first kappa shape index (κ1) is 40.7. The highest BCUT2D eigenvalue weighted by Gasteiger charge is 2.44. The number of rotatable bonds is 8. The van der Waals surface area contributed by atoms with Crippen LogP contribution in [0.2, 0.25) is 0 Å². The molecule has 6 bridgehead atoms. The highest BCUT2D eigenvalue weighted by molar-refractivity contribution is 7.11. The lowest BCUT2D eigenvalue weighted by Gasteiger charge is -2.41. The van der Waals surface area contributed by atoms with E-state index in [1.165, 1.54) is 24.3 Å². The predicted octanol–water partition coefficient (Wildman–Crippen LogP) is 4.31. The Hall–Kier alpha value is -3.91. The number of carbonyl (C=O) groups is 5. The molecule has 300 valence electrons. The molecule has 1 aromatic carbocycles. The molecular weight excluding hydrogens is 722 g/mol. The minimum atomic E-state index is -0.400. The van der Waals surface area contributed by atoms with Crippen LogP contribution in [0.1, 0.15) is 117 Å². The average molecular weight is 780 g/mol. The monoisotopic (exact) mass is 779 g/mol. The minimum Gasteiger partial charge on any atom is -0.353 e. The molecule has 3 N–H and O–H groups in total. The first-order valence-corrected chi connectivity index (χ1v) is 20.9. The third-order valence-electron chi connectivity index (χ3n) is 11.5. The smallest absolute Gasteiger partial charge is 0.251 e. The van der Waals surface area contributed by atoms with Crippen molar-refractivity contribution in [2.45, 2.75) is 128 Å². The molecule has 0 aliphatic carbocycles. The first-order chi connectivity index (χ1) is 26.2. The van der Waals surface area contributed by atoms with Gasteiger partial charge in [0.05, 0.1) is 23.2 Å². The number of thiazole rings is 1. The molecule has 2 aromatic rings. The summed E-state index contributed by atoms with van der Waals surface area (Å²) in [6.07, 6.45) is 6.30. The molecular formula is C41H58FN7O5S. The summed E-state index contributed by atoms with van der Waals surface area (Å²) in [6, 6.07) is 4.72. The van der Waals surface area contributed by atoms with E-state index in [1.54, 1.807) is 11.3 Å². The van der Waals surface area contributed by atoms with Crippen LogP contribution < -0.4 is 16.0 Å². The topological polar surface area (TPSA) is 144 Å². The molecule has 0 radical (unpaired) electrons. The summed E-state index contributed by atoms with van der Waals surface area (Å²) >= 11 is 1.63. The van der Waals surface area contributed by atoms with Crippen LogP contribution in [0.5, 0.6) is 0 Å². The maximum Gasteiger partial charge on any atom is 0.251 e. The number of carbonyl (C=O) groups excluding carboxylic acids is 5. The lowest BCUT2D eigenvalue weighted by Crippen LogP contribution is -2.54. The van der Waals surface area contributed by atoms with Crippen LogP contribution in [-0.2, 0) is 25.6 Å². The molecule has 7 heterocycles. The SMILES string of the molecule is Cc1sc2nc1CC(=O)N[C@@H](CCCCNC(=O)c1ccc(F)cc1)CC(=O)N1CCC(CC1)N1C[C@@H](NC(=O)CC(C)(C)C)C[C@H]1C(=O)N1CCC2CC1. The Morgan fingerprint density at radius 3 is 2.36 bits per heavy atom. The summed E-state index contributed by atoms with van der Waals surface area (Å²) < 4.78 is 13.3. The van der Waals surface area contributed by atoms with Crippen molar-refractivity contribution >= 4 is 40.9 Å². The molecule has 0 saturated carbocycles. The minimum absolute atomic E-state index is 0.0126. The van der Waals surface area contributed by atoms with E-state index in [2.05, 4.69) is 20.9 Å². The molecule has 3 atom stereocenters. The number of aromatic nitrogens is 1. The molecule has 12 nitrogen and oxygen atoms in total. The molecule has 55 heavy (non-hydrogen) atoms. The van der Waals surface area contributed by atoms with Crippen LogP contribution in [0, 0.1) is 18.2 Å². The fourth-order valence-electron chi connectivity index (χ4n) is 8.58. The van der Waals surface area contributed by atoms with Gasteiger partial charge in [0, 0.05) is 86.6 Å². The molecule has 3 saturated heterocycles. The molecule has 5 amide bonds. The quantitative estimate of drug-likeness (QED) is 0.339. The number of nitrogens with zero attached hydrogens (tertiary/aromatic N) is 4. The fourth-order valence-corrected chi connectivity index (χ4v) is 9.69. The van der Waals surface area contributed by atoms with Crippen LogP contribution >= 0.6 is 11.3 Å². The van der Waals surface area contributed by atoms with E-state index >= 15 is 0 Å². The van der Waals surface area contributed by atoms with E-state index in [0.29, 0.717) is 76.9 Å². The van der Waals surface area contributed by atoms with E-state index in [9.17, 15) is 28.4 Å². The molecule has 6 aliphatic heterocycles. The van der Waals surface area contributed by atoms with Gasteiger partial charge in [-0.05, 0) is 88.0 Å². The maximum absolute atomic E-state index is 14.3. The molecule has 14 heteroatoms. The van der Waals surface area contributed by atoms with E-state index in [-0.39, 0.29) is 77.9 Å². The van der Waals surface area contributed by atoms with E-state index in [1.807, 2.05) is 37.5 Å². The number of unbranched alkanes of at least 4 members (excludes halogenated alkanes) is 1. The number of halogens is 1. The van der Waals surface area contributed by atoms with Crippen molar-refractivity contribution in [3.63, 3.8) is 0 Å². The molecule has 1 aromatic heterocycles. The van der Waals surface area contributed by atoms with Gasteiger partial charge in [0.2, 0.25) is 23.6 Å². The van der Waals surface area contributed by atoms with Crippen molar-refractivity contribution in [3.05, 3.63) is 51.2 Å². The van der Waals surface area contributed by atoms with Crippen molar-refractivity contribution in [2.75, 3.05) is 39.3 Å². The molecule has 0 unspecified atom stereocenters. The largest absolute Gasteiger partial charge is 0.353 e. The summed E-state index contributed by atoms with van der Waals surface area (Å²) in [5, 5.41) is 10.3. The maximum atomic E-state index is 14.3. The highest BCUT2D eigenvalue weighted by atomic mass is 32.1. The second-order valence-electron chi connectivity index (χ2n) is 17.1. The van der Waals surface area contributed by atoms with Crippen molar-refractivity contribution in [3.8, 4) is 0 Å². The Kier molecular flexibility index (Phi) is 13.3. The van der Waals surface area contributed by atoms with Crippen LogP contribution in [-0.4, -0.2) is 113 Å². The first-order valence-electron chi connectivity index (χ1n) is 20.1. The van der Waals surface area contributed by atoms with Gasteiger partial charge in [-0.3, -0.25) is 28.9 Å². The molecule has 8 rings (SSSR count). The summed E-state index contributed by atoms with van der Waals surface area (Å²) in [4.78, 5) is 79.1. The number of hydrogen-bond acceptors (Lipinski definition) is 8. The summed E-state index contributed by atoms with van der Waals surface area (Å²) in [5.41, 5.74) is 1.00. The Balaban J connectivity index is 1.14. The van der Waals surface area contributed by atoms with E-state index < -0.39 is 5.82 Å². The summed E-state index contributed by atoms with van der Waals surface area (Å²) in [5.74, 6) is -0.494. The highest BCUT2D eigenvalue weighted by Crippen LogP contribution is 2.35. The molecule has 3 fully saturated rings. The summed E-state index contributed by atoms with van der Waals surface area (Å²) in [7, 11) is 0.